The van der Waals surface area contributed by atoms with Crippen molar-refractivity contribution in [3.05, 3.63) is 18.0 Å². The Morgan fingerprint density at radius 2 is 2.33 bits per heavy atom. The summed E-state index contributed by atoms with van der Waals surface area (Å²) in [5.74, 6) is 0.846. The van der Waals surface area contributed by atoms with E-state index in [-0.39, 0.29) is 0 Å². The van der Waals surface area contributed by atoms with Crippen molar-refractivity contribution in [2.45, 2.75) is 45.7 Å². The molecule has 1 aliphatic carbocycles. The van der Waals surface area contributed by atoms with Crippen molar-refractivity contribution in [1.29, 1.82) is 0 Å². The highest BCUT2D eigenvalue weighted by atomic mass is 15.3. The summed E-state index contributed by atoms with van der Waals surface area (Å²) in [6.45, 7) is 6.45. The summed E-state index contributed by atoms with van der Waals surface area (Å²) < 4.78 is 2.12. The Bertz CT molecular complexity index is 302. The second kappa shape index (κ2) is 4.79. The van der Waals surface area contributed by atoms with Gasteiger partial charge in [0.1, 0.15) is 0 Å². The van der Waals surface area contributed by atoms with E-state index >= 15 is 0 Å². The second-order valence-electron chi connectivity index (χ2n) is 4.34. The average molecular weight is 207 g/mol. The number of nitrogens with one attached hydrogen (secondary N) is 1. The van der Waals surface area contributed by atoms with Gasteiger partial charge in [0.05, 0.1) is 11.7 Å². The van der Waals surface area contributed by atoms with E-state index in [1.165, 1.54) is 25.0 Å². The largest absolute Gasteiger partial charge is 0.308 e. The predicted molar refractivity (Wildman–Crippen MR) is 61.7 cm³/mol. The van der Waals surface area contributed by atoms with E-state index in [0.717, 1.165) is 19.0 Å². The standard InChI is InChI=1S/C12H21N3/c1-3-8-13-12(10-5-6-10)11-7-9-14-15(11)4-2/h7,9-10,12-13H,3-6,8H2,1-2H3. The van der Waals surface area contributed by atoms with Gasteiger partial charge in [-0.05, 0) is 44.7 Å². The van der Waals surface area contributed by atoms with Crippen LogP contribution >= 0.6 is 0 Å². The maximum absolute atomic E-state index is 4.35. The van der Waals surface area contributed by atoms with Crippen LogP contribution in [-0.4, -0.2) is 16.3 Å². The summed E-state index contributed by atoms with van der Waals surface area (Å²) in [4.78, 5) is 0. The fraction of sp³-hybridized carbons (Fsp3) is 0.750. The molecular weight excluding hydrogens is 186 g/mol. The molecular formula is C12H21N3. The van der Waals surface area contributed by atoms with Crippen molar-refractivity contribution in [3.8, 4) is 0 Å². The lowest BCUT2D eigenvalue weighted by molar-refractivity contribution is 0.441. The van der Waals surface area contributed by atoms with Crippen LogP contribution < -0.4 is 5.32 Å². The van der Waals surface area contributed by atoms with Crippen LogP contribution in [0.2, 0.25) is 0 Å². The summed E-state index contributed by atoms with van der Waals surface area (Å²) in [5.41, 5.74) is 1.37. The molecule has 1 heterocycles. The Kier molecular flexibility index (Phi) is 3.41. The van der Waals surface area contributed by atoms with Crippen molar-refractivity contribution in [1.82, 2.24) is 15.1 Å². The molecule has 1 aromatic heterocycles. The fourth-order valence-electron chi connectivity index (χ4n) is 2.11. The Labute approximate surface area is 91.9 Å². The molecule has 1 aromatic rings. The first kappa shape index (κ1) is 10.7. The van der Waals surface area contributed by atoms with Crippen molar-refractivity contribution in [3.63, 3.8) is 0 Å². The van der Waals surface area contributed by atoms with Gasteiger partial charge >= 0.3 is 0 Å². The zero-order valence-electron chi connectivity index (χ0n) is 9.74. The SMILES string of the molecule is CCCNC(c1ccnn1CC)C1CC1. The van der Waals surface area contributed by atoms with Crippen LogP contribution in [-0.2, 0) is 6.54 Å². The molecule has 0 radical (unpaired) electrons. The Morgan fingerprint density at radius 3 is 2.93 bits per heavy atom. The third-order valence-electron chi connectivity index (χ3n) is 3.08. The minimum Gasteiger partial charge on any atom is -0.308 e. The molecule has 1 unspecified atom stereocenters. The maximum atomic E-state index is 4.35. The quantitative estimate of drug-likeness (QED) is 0.776. The van der Waals surface area contributed by atoms with Crippen molar-refractivity contribution < 1.29 is 0 Å². The maximum Gasteiger partial charge on any atom is 0.0556 e. The summed E-state index contributed by atoms with van der Waals surface area (Å²) in [6.07, 6.45) is 5.86. The van der Waals surface area contributed by atoms with Crippen molar-refractivity contribution in [2.75, 3.05) is 6.54 Å². The summed E-state index contributed by atoms with van der Waals surface area (Å²) in [5, 5.41) is 8.00. The molecule has 3 nitrogen and oxygen atoms in total. The van der Waals surface area contributed by atoms with Crippen LogP contribution in [0.5, 0.6) is 0 Å². The monoisotopic (exact) mass is 207 g/mol. The molecule has 1 aliphatic rings. The van der Waals surface area contributed by atoms with Crippen LogP contribution in [0, 0.1) is 5.92 Å². The van der Waals surface area contributed by atoms with Gasteiger partial charge in [0.25, 0.3) is 0 Å². The summed E-state index contributed by atoms with van der Waals surface area (Å²) in [7, 11) is 0. The van der Waals surface area contributed by atoms with Crippen LogP contribution in [0.1, 0.15) is 44.8 Å². The van der Waals surface area contributed by atoms with Gasteiger partial charge < -0.3 is 5.32 Å². The van der Waals surface area contributed by atoms with E-state index in [1.54, 1.807) is 0 Å². The number of rotatable bonds is 6. The van der Waals surface area contributed by atoms with E-state index in [0.29, 0.717) is 6.04 Å². The van der Waals surface area contributed by atoms with Crippen LogP contribution in [0.15, 0.2) is 12.3 Å². The van der Waals surface area contributed by atoms with E-state index in [2.05, 4.69) is 35.0 Å². The second-order valence-corrected chi connectivity index (χ2v) is 4.34. The molecule has 0 aromatic carbocycles. The molecule has 0 bridgehead atoms. The van der Waals surface area contributed by atoms with E-state index in [9.17, 15) is 0 Å². The van der Waals surface area contributed by atoms with E-state index < -0.39 is 0 Å². The lowest BCUT2D eigenvalue weighted by Crippen LogP contribution is -2.26. The molecule has 1 atom stereocenters. The molecule has 84 valence electrons. The summed E-state index contributed by atoms with van der Waals surface area (Å²) in [6, 6.07) is 2.70. The van der Waals surface area contributed by atoms with Gasteiger partial charge in [-0.25, -0.2) is 0 Å². The van der Waals surface area contributed by atoms with Gasteiger partial charge in [-0.15, -0.1) is 0 Å². The zero-order valence-corrected chi connectivity index (χ0v) is 9.74. The Balaban J connectivity index is 2.09. The van der Waals surface area contributed by atoms with E-state index in [4.69, 9.17) is 0 Å². The molecule has 0 saturated heterocycles. The number of hydrogen-bond acceptors (Lipinski definition) is 2. The Morgan fingerprint density at radius 1 is 1.53 bits per heavy atom. The van der Waals surface area contributed by atoms with Crippen LogP contribution in [0.25, 0.3) is 0 Å². The third-order valence-corrected chi connectivity index (χ3v) is 3.08. The number of hydrogen-bond donors (Lipinski definition) is 1. The van der Waals surface area contributed by atoms with Gasteiger partial charge in [0, 0.05) is 12.7 Å². The highest BCUT2D eigenvalue weighted by molar-refractivity contribution is 5.11. The first-order valence-corrected chi connectivity index (χ1v) is 6.11. The molecule has 15 heavy (non-hydrogen) atoms. The molecule has 0 aliphatic heterocycles. The predicted octanol–water partition coefficient (Wildman–Crippen LogP) is 2.35. The van der Waals surface area contributed by atoms with Gasteiger partial charge in [-0.2, -0.15) is 5.10 Å². The van der Waals surface area contributed by atoms with Crippen LogP contribution in [0.4, 0.5) is 0 Å². The highest BCUT2D eigenvalue weighted by Gasteiger charge is 2.33. The minimum atomic E-state index is 0.535. The molecule has 0 amide bonds. The van der Waals surface area contributed by atoms with Gasteiger partial charge in [-0.3, -0.25) is 4.68 Å². The third kappa shape index (κ3) is 2.40. The minimum absolute atomic E-state index is 0.535. The van der Waals surface area contributed by atoms with Crippen molar-refractivity contribution >= 4 is 0 Å². The van der Waals surface area contributed by atoms with E-state index in [1.807, 2.05) is 6.20 Å². The molecule has 1 N–H and O–H groups in total. The Hall–Kier alpha value is -0.830. The first-order valence-electron chi connectivity index (χ1n) is 6.11. The van der Waals surface area contributed by atoms with Crippen LogP contribution in [0.3, 0.4) is 0 Å². The first-order chi connectivity index (χ1) is 7.36. The average Bonchev–Trinajstić information content (AvgIpc) is 2.97. The zero-order chi connectivity index (χ0) is 10.7. The lowest BCUT2D eigenvalue weighted by atomic mass is 10.1. The molecule has 2 rings (SSSR count). The normalized spacial score (nSPS) is 18.0. The lowest BCUT2D eigenvalue weighted by Gasteiger charge is -2.19. The number of aryl methyl sites for hydroxylation is 1. The summed E-state index contributed by atoms with van der Waals surface area (Å²) >= 11 is 0. The fourth-order valence-corrected chi connectivity index (χ4v) is 2.11. The number of aromatic nitrogens is 2. The topological polar surface area (TPSA) is 29.9 Å². The van der Waals surface area contributed by atoms with Gasteiger partial charge in [0.2, 0.25) is 0 Å². The molecule has 0 spiro atoms. The van der Waals surface area contributed by atoms with Gasteiger partial charge in [0.15, 0.2) is 0 Å². The highest BCUT2D eigenvalue weighted by Crippen LogP contribution is 2.40. The van der Waals surface area contributed by atoms with Crippen molar-refractivity contribution in [2.24, 2.45) is 5.92 Å². The number of nitrogens with zero attached hydrogens (tertiary/aromatic N) is 2. The molecule has 1 saturated carbocycles. The smallest absolute Gasteiger partial charge is 0.0556 e. The molecule has 3 heteroatoms. The molecule has 1 fully saturated rings. The van der Waals surface area contributed by atoms with Gasteiger partial charge in [-0.1, -0.05) is 6.92 Å².